The number of anilines is 1. The van der Waals surface area contributed by atoms with Crippen LogP contribution >= 0.6 is 11.6 Å². The first-order valence-electron chi connectivity index (χ1n) is 7.57. The molecule has 0 bridgehead atoms. The first-order valence-corrected chi connectivity index (χ1v) is 7.95. The van der Waals surface area contributed by atoms with E-state index in [4.69, 9.17) is 25.8 Å². The number of hydrogen-bond donors (Lipinski definition) is 1. The first kappa shape index (κ1) is 19.3. The summed E-state index contributed by atoms with van der Waals surface area (Å²) < 4.78 is 15.1. The van der Waals surface area contributed by atoms with Crippen LogP contribution in [0, 0.1) is 0 Å². The number of halogens is 1. The number of amides is 1. The van der Waals surface area contributed by atoms with Gasteiger partial charge in [0.1, 0.15) is 0 Å². The van der Waals surface area contributed by atoms with E-state index in [0.717, 1.165) is 5.56 Å². The minimum Gasteiger partial charge on any atom is -0.493 e. The van der Waals surface area contributed by atoms with Gasteiger partial charge in [-0.2, -0.15) is 0 Å². The van der Waals surface area contributed by atoms with Gasteiger partial charge in [0, 0.05) is 11.1 Å². The maximum Gasteiger partial charge on any atom is 0.339 e. The minimum absolute atomic E-state index is 0.213. The van der Waals surface area contributed by atoms with Crippen LogP contribution in [0.15, 0.2) is 42.5 Å². The van der Waals surface area contributed by atoms with Crippen LogP contribution in [-0.4, -0.2) is 33.2 Å². The molecule has 0 spiro atoms. The molecule has 2 rings (SSSR count). The molecule has 0 fully saturated rings. The fraction of sp³-hybridized carbons (Fsp3) is 0.158. The van der Waals surface area contributed by atoms with E-state index in [1.165, 1.54) is 32.4 Å². The Morgan fingerprint density at radius 3 is 2.38 bits per heavy atom. The van der Waals surface area contributed by atoms with E-state index in [1.54, 1.807) is 37.5 Å². The van der Waals surface area contributed by atoms with Crippen molar-refractivity contribution < 1.29 is 23.8 Å². The molecule has 7 heteroatoms. The van der Waals surface area contributed by atoms with Gasteiger partial charge in [0.15, 0.2) is 11.5 Å². The Balaban J connectivity index is 2.18. The van der Waals surface area contributed by atoms with Gasteiger partial charge in [-0.15, -0.1) is 0 Å². The molecule has 0 heterocycles. The number of methoxy groups -OCH3 is 3. The zero-order valence-corrected chi connectivity index (χ0v) is 15.3. The van der Waals surface area contributed by atoms with E-state index in [-0.39, 0.29) is 11.3 Å². The van der Waals surface area contributed by atoms with E-state index in [9.17, 15) is 9.59 Å². The maximum absolute atomic E-state index is 12.2. The van der Waals surface area contributed by atoms with Crippen molar-refractivity contribution in [2.75, 3.05) is 26.6 Å². The third kappa shape index (κ3) is 4.77. The van der Waals surface area contributed by atoms with Gasteiger partial charge in [-0.3, -0.25) is 4.79 Å². The Hall–Kier alpha value is -2.99. The molecule has 6 nitrogen and oxygen atoms in total. The molecule has 0 atom stereocenters. The highest BCUT2D eigenvalue weighted by atomic mass is 35.5. The van der Waals surface area contributed by atoms with Gasteiger partial charge in [-0.25, -0.2) is 4.79 Å². The van der Waals surface area contributed by atoms with E-state index >= 15 is 0 Å². The van der Waals surface area contributed by atoms with Gasteiger partial charge in [-0.1, -0.05) is 17.7 Å². The van der Waals surface area contributed by atoms with Crippen molar-refractivity contribution in [3.05, 3.63) is 58.6 Å². The normalized spacial score (nSPS) is 10.5. The topological polar surface area (TPSA) is 73.9 Å². The third-order valence-corrected chi connectivity index (χ3v) is 3.71. The summed E-state index contributed by atoms with van der Waals surface area (Å²) in [7, 11) is 4.34. The Bertz CT molecular complexity index is 848. The number of carbonyl (C=O) groups excluding carboxylic acids is 2. The van der Waals surface area contributed by atoms with Crippen LogP contribution in [0.3, 0.4) is 0 Å². The minimum atomic E-state index is -0.569. The SMILES string of the molecule is COC(=O)c1ccc(Cl)cc1NC(=O)C=Cc1ccc(OC)c(OC)c1. The van der Waals surface area contributed by atoms with Gasteiger partial charge in [-0.05, 0) is 42.0 Å². The molecule has 26 heavy (non-hydrogen) atoms. The second kappa shape index (κ2) is 8.92. The maximum atomic E-state index is 12.2. The molecule has 0 radical (unpaired) electrons. The van der Waals surface area contributed by atoms with E-state index in [2.05, 4.69) is 5.32 Å². The summed E-state index contributed by atoms with van der Waals surface area (Å²) in [5.74, 6) is 0.154. The number of ether oxygens (including phenoxy) is 3. The molecule has 136 valence electrons. The number of carbonyl (C=O) groups is 2. The summed E-state index contributed by atoms with van der Waals surface area (Å²) in [6, 6.07) is 9.77. The molecule has 0 saturated carbocycles. The summed E-state index contributed by atoms with van der Waals surface area (Å²) in [5.41, 5.74) is 1.23. The standard InChI is InChI=1S/C19H18ClNO5/c1-24-16-8-4-12(10-17(16)25-2)5-9-18(22)21-15-11-13(20)6-7-14(15)19(23)26-3/h4-11H,1-3H3,(H,21,22). The highest BCUT2D eigenvalue weighted by Gasteiger charge is 2.13. The van der Waals surface area contributed by atoms with Crippen molar-refractivity contribution >= 4 is 35.2 Å². The van der Waals surface area contributed by atoms with Crippen LogP contribution in [0.4, 0.5) is 5.69 Å². The largest absolute Gasteiger partial charge is 0.493 e. The number of esters is 1. The molecule has 0 aliphatic heterocycles. The number of hydrogen-bond acceptors (Lipinski definition) is 5. The molecule has 2 aromatic rings. The van der Waals surface area contributed by atoms with Crippen LogP contribution in [-0.2, 0) is 9.53 Å². The number of benzene rings is 2. The van der Waals surface area contributed by atoms with Crippen LogP contribution in [0.1, 0.15) is 15.9 Å². The Morgan fingerprint density at radius 1 is 1.00 bits per heavy atom. The summed E-state index contributed by atoms with van der Waals surface area (Å²) in [6.07, 6.45) is 2.95. The average Bonchev–Trinajstić information content (AvgIpc) is 2.65. The van der Waals surface area contributed by atoms with Crippen molar-refractivity contribution in [1.82, 2.24) is 0 Å². The predicted molar refractivity (Wildman–Crippen MR) is 100 cm³/mol. The van der Waals surface area contributed by atoms with E-state index < -0.39 is 11.9 Å². The predicted octanol–water partition coefficient (Wildman–Crippen LogP) is 3.80. The van der Waals surface area contributed by atoms with Crippen LogP contribution < -0.4 is 14.8 Å². The van der Waals surface area contributed by atoms with Crippen LogP contribution in [0.2, 0.25) is 5.02 Å². The lowest BCUT2D eigenvalue weighted by atomic mass is 10.1. The van der Waals surface area contributed by atoms with Crippen molar-refractivity contribution in [3.8, 4) is 11.5 Å². The fourth-order valence-corrected chi connectivity index (χ4v) is 2.38. The van der Waals surface area contributed by atoms with Crippen molar-refractivity contribution in [1.29, 1.82) is 0 Å². The second-order valence-electron chi connectivity index (χ2n) is 5.12. The quantitative estimate of drug-likeness (QED) is 0.614. The fourth-order valence-electron chi connectivity index (χ4n) is 2.21. The summed E-state index contributed by atoms with van der Waals surface area (Å²) in [6.45, 7) is 0. The molecule has 0 saturated heterocycles. The molecule has 1 N–H and O–H groups in total. The summed E-state index contributed by atoms with van der Waals surface area (Å²) in [5, 5.41) is 3.01. The first-order chi connectivity index (χ1) is 12.5. The van der Waals surface area contributed by atoms with Crippen molar-refractivity contribution in [3.63, 3.8) is 0 Å². The lowest BCUT2D eigenvalue weighted by Gasteiger charge is -2.09. The van der Waals surface area contributed by atoms with E-state index in [0.29, 0.717) is 16.5 Å². The molecule has 2 aromatic carbocycles. The highest BCUT2D eigenvalue weighted by molar-refractivity contribution is 6.31. The van der Waals surface area contributed by atoms with Crippen LogP contribution in [0.25, 0.3) is 6.08 Å². The highest BCUT2D eigenvalue weighted by Crippen LogP contribution is 2.28. The zero-order valence-electron chi connectivity index (χ0n) is 14.5. The van der Waals surface area contributed by atoms with E-state index in [1.807, 2.05) is 0 Å². The molecule has 0 aliphatic rings. The van der Waals surface area contributed by atoms with Crippen molar-refractivity contribution in [2.24, 2.45) is 0 Å². The summed E-state index contributed by atoms with van der Waals surface area (Å²) >= 11 is 5.94. The lowest BCUT2D eigenvalue weighted by Crippen LogP contribution is -2.13. The average molecular weight is 376 g/mol. The molecule has 1 amide bonds. The Kier molecular flexibility index (Phi) is 6.63. The monoisotopic (exact) mass is 375 g/mol. The Labute approximate surface area is 156 Å². The van der Waals surface area contributed by atoms with Crippen molar-refractivity contribution in [2.45, 2.75) is 0 Å². The zero-order chi connectivity index (χ0) is 19.1. The molecule has 0 aromatic heterocycles. The molecule has 0 unspecified atom stereocenters. The Morgan fingerprint density at radius 2 is 1.73 bits per heavy atom. The molecule has 0 aliphatic carbocycles. The van der Waals surface area contributed by atoms with Crippen LogP contribution in [0.5, 0.6) is 11.5 Å². The van der Waals surface area contributed by atoms with Gasteiger partial charge < -0.3 is 19.5 Å². The smallest absolute Gasteiger partial charge is 0.339 e. The molecular formula is C19H18ClNO5. The van der Waals surface area contributed by atoms with Gasteiger partial charge in [0.05, 0.1) is 32.6 Å². The number of nitrogens with one attached hydrogen (secondary N) is 1. The van der Waals surface area contributed by atoms with Gasteiger partial charge in [0.25, 0.3) is 0 Å². The van der Waals surface area contributed by atoms with Gasteiger partial charge in [0.2, 0.25) is 5.91 Å². The molecular weight excluding hydrogens is 358 g/mol. The van der Waals surface area contributed by atoms with Gasteiger partial charge >= 0.3 is 5.97 Å². The summed E-state index contributed by atoms with van der Waals surface area (Å²) in [4.78, 5) is 24.0. The number of rotatable bonds is 6. The second-order valence-corrected chi connectivity index (χ2v) is 5.55. The third-order valence-electron chi connectivity index (χ3n) is 3.48. The lowest BCUT2D eigenvalue weighted by molar-refractivity contribution is -0.111.